The van der Waals surface area contributed by atoms with Gasteiger partial charge < -0.3 is 14.4 Å². The van der Waals surface area contributed by atoms with Crippen molar-refractivity contribution in [1.29, 1.82) is 0 Å². The van der Waals surface area contributed by atoms with Gasteiger partial charge in [0.05, 0.1) is 12.2 Å². The summed E-state index contributed by atoms with van der Waals surface area (Å²) in [4.78, 5) is 14.7. The SMILES string of the molecule is CCOCc1cccc(C2CCC(F)(F)CC2)c1C(=O)OCCN(C)C. The molecule has 0 N–H and O–H groups in total. The molecule has 2 rings (SSSR count). The topological polar surface area (TPSA) is 38.8 Å². The van der Waals surface area contributed by atoms with Crippen LogP contribution in [0.3, 0.4) is 0 Å². The fourth-order valence-corrected chi connectivity index (χ4v) is 3.29. The van der Waals surface area contributed by atoms with Crippen LogP contribution in [-0.2, 0) is 16.1 Å². The molecule has 1 saturated carbocycles. The van der Waals surface area contributed by atoms with E-state index in [1.54, 1.807) is 0 Å². The highest BCUT2D eigenvalue weighted by Gasteiger charge is 2.36. The molecule has 26 heavy (non-hydrogen) atoms. The monoisotopic (exact) mass is 369 g/mol. The molecule has 1 aliphatic carbocycles. The Kier molecular flexibility index (Phi) is 7.53. The first-order chi connectivity index (χ1) is 12.3. The number of ether oxygens (including phenoxy) is 2. The van der Waals surface area contributed by atoms with Gasteiger partial charge in [0.2, 0.25) is 5.92 Å². The van der Waals surface area contributed by atoms with E-state index in [2.05, 4.69) is 0 Å². The molecule has 0 aromatic heterocycles. The van der Waals surface area contributed by atoms with Gasteiger partial charge in [-0.2, -0.15) is 0 Å². The second-order valence-electron chi connectivity index (χ2n) is 7.09. The van der Waals surface area contributed by atoms with Crippen molar-refractivity contribution in [2.45, 2.75) is 51.1 Å². The molecule has 0 amide bonds. The average molecular weight is 369 g/mol. The Morgan fingerprint density at radius 1 is 1.27 bits per heavy atom. The Hall–Kier alpha value is -1.53. The summed E-state index contributed by atoms with van der Waals surface area (Å²) in [5.74, 6) is -3.03. The van der Waals surface area contributed by atoms with E-state index >= 15 is 0 Å². The van der Waals surface area contributed by atoms with Gasteiger partial charge in [0.1, 0.15) is 6.61 Å². The molecule has 0 atom stereocenters. The Balaban J connectivity index is 2.24. The number of halogens is 2. The van der Waals surface area contributed by atoms with Crippen molar-refractivity contribution in [3.63, 3.8) is 0 Å². The highest BCUT2D eigenvalue weighted by atomic mass is 19.3. The van der Waals surface area contributed by atoms with Gasteiger partial charge in [-0.25, -0.2) is 13.6 Å². The molecule has 0 aliphatic heterocycles. The van der Waals surface area contributed by atoms with E-state index < -0.39 is 11.9 Å². The Labute approximate surface area is 154 Å². The molecule has 1 aromatic rings. The fourth-order valence-electron chi connectivity index (χ4n) is 3.29. The van der Waals surface area contributed by atoms with Gasteiger partial charge in [-0.3, -0.25) is 0 Å². The Bertz CT molecular complexity index is 595. The predicted molar refractivity (Wildman–Crippen MR) is 96.8 cm³/mol. The van der Waals surface area contributed by atoms with Crippen LogP contribution in [0.4, 0.5) is 8.78 Å². The van der Waals surface area contributed by atoms with Gasteiger partial charge >= 0.3 is 5.97 Å². The number of carbonyl (C=O) groups excluding carboxylic acids is 1. The van der Waals surface area contributed by atoms with Crippen LogP contribution in [0.25, 0.3) is 0 Å². The molecule has 0 unspecified atom stereocenters. The molecule has 1 aliphatic rings. The van der Waals surface area contributed by atoms with Crippen LogP contribution in [0, 0.1) is 0 Å². The second-order valence-corrected chi connectivity index (χ2v) is 7.09. The third-order valence-electron chi connectivity index (χ3n) is 4.78. The van der Waals surface area contributed by atoms with Crippen LogP contribution in [0.1, 0.15) is 60.0 Å². The fraction of sp³-hybridized carbons (Fsp3) is 0.650. The first-order valence-corrected chi connectivity index (χ1v) is 9.23. The Morgan fingerprint density at radius 2 is 1.96 bits per heavy atom. The van der Waals surface area contributed by atoms with Crippen molar-refractivity contribution in [1.82, 2.24) is 4.90 Å². The number of likely N-dealkylation sites (N-methyl/N-ethyl adjacent to an activating group) is 1. The summed E-state index contributed by atoms with van der Waals surface area (Å²) in [6.07, 6.45) is 0.483. The van der Waals surface area contributed by atoms with Crippen molar-refractivity contribution >= 4 is 5.97 Å². The van der Waals surface area contributed by atoms with E-state index in [-0.39, 0.29) is 25.4 Å². The maximum absolute atomic E-state index is 13.5. The summed E-state index contributed by atoms with van der Waals surface area (Å²) in [5.41, 5.74) is 2.07. The highest BCUT2D eigenvalue weighted by molar-refractivity contribution is 5.93. The zero-order valence-corrected chi connectivity index (χ0v) is 15.9. The van der Waals surface area contributed by atoms with Crippen molar-refractivity contribution < 1.29 is 23.0 Å². The quantitative estimate of drug-likeness (QED) is 0.643. The molecule has 0 heterocycles. The minimum atomic E-state index is -2.59. The molecular weight excluding hydrogens is 340 g/mol. The standard InChI is InChI=1S/C20H29F2NO3/c1-4-25-14-16-6-5-7-17(15-8-10-20(21,22)11-9-15)18(16)19(24)26-13-12-23(2)3/h5-7,15H,4,8-14H2,1-3H3. The zero-order chi connectivity index (χ0) is 19.2. The number of nitrogens with zero attached hydrogens (tertiary/aromatic N) is 1. The first-order valence-electron chi connectivity index (χ1n) is 9.23. The highest BCUT2D eigenvalue weighted by Crippen LogP contribution is 2.42. The second kappa shape index (κ2) is 9.42. The minimum absolute atomic E-state index is 0.0485. The van der Waals surface area contributed by atoms with Crippen molar-refractivity contribution in [3.05, 3.63) is 34.9 Å². The molecule has 146 valence electrons. The number of carbonyl (C=O) groups is 1. The van der Waals surface area contributed by atoms with Crippen molar-refractivity contribution in [3.8, 4) is 0 Å². The lowest BCUT2D eigenvalue weighted by Gasteiger charge is -2.30. The van der Waals surface area contributed by atoms with Gasteiger partial charge in [-0.15, -0.1) is 0 Å². The van der Waals surface area contributed by atoms with E-state index in [1.165, 1.54) is 0 Å². The van der Waals surface area contributed by atoms with Gasteiger partial charge in [0, 0.05) is 26.0 Å². The third-order valence-corrected chi connectivity index (χ3v) is 4.78. The molecule has 4 nitrogen and oxygen atoms in total. The summed E-state index contributed by atoms with van der Waals surface area (Å²) in [7, 11) is 3.81. The maximum atomic E-state index is 13.5. The Morgan fingerprint density at radius 3 is 2.58 bits per heavy atom. The number of benzene rings is 1. The summed E-state index contributed by atoms with van der Waals surface area (Å²) in [6.45, 7) is 3.66. The van der Waals surface area contributed by atoms with Gasteiger partial charge in [-0.05, 0) is 50.9 Å². The molecule has 0 spiro atoms. The number of hydrogen-bond donors (Lipinski definition) is 0. The summed E-state index contributed by atoms with van der Waals surface area (Å²) in [5, 5.41) is 0. The normalized spacial score (nSPS) is 17.5. The zero-order valence-electron chi connectivity index (χ0n) is 15.9. The van der Waals surface area contributed by atoms with Gasteiger partial charge in [-0.1, -0.05) is 18.2 Å². The largest absolute Gasteiger partial charge is 0.461 e. The molecule has 6 heteroatoms. The van der Waals surface area contributed by atoms with Crippen LogP contribution in [0.5, 0.6) is 0 Å². The summed E-state index contributed by atoms with van der Waals surface area (Å²) >= 11 is 0. The van der Waals surface area contributed by atoms with Crippen LogP contribution in [0.2, 0.25) is 0 Å². The number of hydrogen-bond acceptors (Lipinski definition) is 4. The summed E-state index contributed by atoms with van der Waals surface area (Å²) < 4.78 is 38.0. The van der Waals surface area contributed by atoms with Gasteiger partial charge in [0.15, 0.2) is 0 Å². The number of rotatable bonds is 8. The van der Waals surface area contributed by atoms with Crippen molar-refractivity contribution in [2.24, 2.45) is 0 Å². The lowest BCUT2D eigenvalue weighted by Crippen LogP contribution is -2.26. The number of alkyl halides is 2. The van der Waals surface area contributed by atoms with Crippen LogP contribution >= 0.6 is 0 Å². The molecule has 0 bridgehead atoms. The lowest BCUT2D eigenvalue weighted by molar-refractivity contribution is -0.0382. The average Bonchev–Trinajstić information content (AvgIpc) is 2.59. The molecular formula is C20H29F2NO3. The van der Waals surface area contributed by atoms with Crippen molar-refractivity contribution in [2.75, 3.05) is 33.9 Å². The predicted octanol–water partition coefficient (Wildman–Crippen LogP) is 4.23. The minimum Gasteiger partial charge on any atom is -0.461 e. The van der Waals surface area contributed by atoms with Crippen LogP contribution in [0.15, 0.2) is 18.2 Å². The molecule has 1 fully saturated rings. The maximum Gasteiger partial charge on any atom is 0.338 e. The van der Waals surface area contributed by atoms with Crippen LogP contribution < -0.4 is 0 Å². The van der Waals surface area contributed by atoms with E-state index in [0.717, 1.165) is 11.1 Å². The molecule has 0 saturated heterocycles. The molecule has 0 radical (unpaired) electrons. The smallest absolute Gasteiger partial charge is 0.338 e. The first kappa shape index (κ1) is 20.8. The van der Waals surface area contributed by atoms with E-state index in [0.29, 0.717) is 38.2 Å². The van der Waals surface area contributed by atoms with E-state index in [4.69, 9.17) is 9.47 Å². The van der Waals surface area contributed by atoms with E-state index in [9.17, 15) is 13.6 Å². The number of esters is 1. The third kappa shape index (κ3) is 5.74. The van der Waals surface area contributed by atoms with Gasteiger partial charge in [0.25, 0.3) is 0 Å². The van der Waals surface area contributed by atoms with E-state index in [1.807, 2.05) is 44.1 Å². The molecule has 1 aromatic carbocycles. The lowest BCUT2D eigenvalue weighted by atomic mass is 9.79. The van der Waals surface area contributed by atoms with Crippen LogP contribution in [-0.4, -0.2) is 50.6 Å². The summed E-state index contributed by atoms with van der Waals surface area (Å²) in [6, 6.07) is 5.58.